The lowest BCUT2D eigenvalue weighted by Crippen LogP contribution is -2.17. The Labute approximate surface area is 112 Å². The quantitative estimate of drug-likeness (QED) is 0.849. The molecule has 0 atom stereocenters. The second kappa shape index (κ2) is 5.44. The zero-order valence-electron chi connectivity index (χ0n) is 12.8. The molecule has 1 N–H and O–H groups in total. The molecule has 0 radical (unpaired) electrons. The van der Waals surface area contributed by atoms with E-state index in [4.69, 9.17) is 5.11 Å². The topological polar surface area (TPSA) is 20.2 Å². The molecule has 0 amide bonds. The summed E-state index contributed by atoms with van der Waals surface area (Å²) in [7, 11) is 0. The fourth-order valence-corrected chi connectivity index (χ4v) is 1.99. The Bertz CT molecular complexity index is 359. The van der Waals surface area contributed by atoms with E-state index in [2.05, 4.69) is 59.7 Å². The highest BCUT2D eigenvalue weighted by Crippen LogP contribution is 2.30. The third-order valence-corrected chi connectivity index (χ3v) is 3.35. The van der Waals surface area contributed by atoms with Crippen LogP contribution in [0.2, 0.25) is 0 Å². The SMILES string of the molecule is CC(C)(C)c1cc(CCCO)cc(C(C)(C)C)c1. The highest BCUT2D eigenvalue weighted by atomic mass is 16.2. The molecule has 0 bridgehead atoms. The summed E-state index contributed by atoms with van der Waals surface area (Å²) in [6.07, 6.45) is 1.81. The Kier molecular flexibility index (Phi) is 4.61. The van der Waals surface area contributed by atoms with Crippen molar-refractivity contribution >= 4 is 0 Å². The van der Waals surface area contributed by atoms with Crippen LogP contribution in [-0.4, -0.2) is 11.7 Å². The molecular formula is C17H28O. The Hall–Kier alpha value is -0.820. The monoisotopic (exact) mass is 248 g/mol. The smallest absolute Gasteiger partial charge is 0.0434 e. The van der Waals surface area contributed by atoms with Gasteiger partial charge >= 0.3 is 0 Å². The van der Waals surface area contributed by atoms with Crippen molar-refractivity contribution in [2.24, 2.45) is 0 Å². The number of hydrogen-bond donors (Lipinski definition) is 1. The van der Waals surface area contributed by atoms with Crippen molar-refractivity contribution in [1.29, 1.82) is 0 Å². The van der Waals surface area contributed by atoms with E-state index in [9.17, 15) is 0 Å². The fraction of sp³-hybridized carbons (Fsp3) is 0.647. The molecule has 1 aromatic rings. The lowest BCUT2D eigenvalue weighted by molar-refractivity contribution is 0.288. The average Bonchev–Trinajstić information content (AvgIpc) is 2.23. The maximum Gasteiger partial charge on any atom is 0.0434 e. The van der Waals surface area contributed by atoms with E-state index in [1.165, 1.54) is 16.7 Å². The van der Waals surface area contributed by atoms with Crippen LogP contribution in [0.15, 0.2) is 18.2 Å². The summed E-state index contributed by atoms with van der Waals surface area (Å²) in [6, 6.07) is 6.93. The summed E-state index contributed by atoms with van der Waals surface area (Å²) < 4.78 is 0. The lowest BCUT2D eigenvalue weighted by atomic mass is 9.79. The van der Waals surface area contributed by atoms with Gasteiger partial charge in [0.05, 0.1) is 0 Å². The molecule has 0 saturated heterocycles. The first-order valence-electron chi connectivity index (χ1n) is 6.90. The molecule has 0 aliphatic heterocycles. The zero-order chi connectivity index (χ0) is 14.0. The van der Waals surface area contributed by atoms with Gasteiger partial charge in [0, 0.05) is 6.61 Å². The number of benzene rings is 1. The van der Waals surface area contributed by atoms with Gasteiger partial charge in [-0.3, -0.25) is 0 Å². The van der Waals surface area contributed by atoms with Crippen LogP contribution in [0.25, 0.3) is 0 Å². The van der Waals surface area contributed by atoms with Crippen molar-refractivity contribution in [3.63, 3.8) is 0 Å². The van der Waals surface area contributed by atoms with Gasteiger partial charge in [-0.1, -0.05) is 59.7 Å². The number of hydrogen-bond acceptors (Lipinski definition) is 1. The van der Waals surface area contributed by atoms with Gasteiger partial charge in [-0.05, 0) is 40.4 Å². The zero-order valence-corrected chi connectivity index (χ0v) is 12.8. The maximum atomic E-state index is 8.99. The standard InChI is InChI=1S/C17H28O/c1-16(2,3)14-10-13(8-7-9-18)11-15(12-14)17(4,5)6/h10-12,18H,7-9H2,1-6H3. The van der Waals surface area contributed by atoms with Crippen LogP contribution in [0.3, 0.4) is 0 Å². The third kappa shape index (κ3) is 4.13. The van der Waals surface area contributed by atoms with Crippen molar-refractivity contribution in [3.8, 4) is 0 Å². The van der Waals surface area contributed by atoms with Crippen LogP contribution in [0.5, 0.6) is 0 Å². The lowest BCUT2D eigenvalue weighted by Gasteiger charge is -2.26. The van der Waals surface area contributed by atoms with E-state index in [-0.39, 0.29) is 17.4 Å². The molecule has 1 aromatic carbocycles. The molecule has 0 aliphatic rings. The van der Waals surface area contributed by atoms with Crippen LogP contribution in [0.1, 0.15) is 64.7 Å². The number of aliphatic hydroxyl groups excluding tert-OH is 1. The summed E-state index contributed by atoms with van der Waals surface area (Å²) >= 11 is 0. The number of aliphatic hydroxyl groups is 1. The van der Waals surface area contributed by atoms with E-state index in [0.29, 0.717) is 0 Å². The van der Waals surface area contributed by atoms with Crippen LogP contribution < -0.4 is 0 Å². The first kappa shape index (κ1) is 15.2. The van der Waals surface area contributed by atoms with Gasteiger partial charge < -0.3 is 5.11 Å². The van der Waals surface area contributed by atoms with Gasteiger partial charge in [-0.25, -0.2) is 0 Å². The van der Waals surface area contributed by atoms with Crippen molar-refractivity contribution in [3.05, 3.63) is 34.9 Å². The Balaban J connectivity index is 3.21. The first-order chi connectivity index (χ1) is 8.14. The minimum absolute atomic E-state index is 0.176. The minimum Gasteiger partial charge on any atom is -0.396 e. The second-order valence-electron chi connectivity index (χ2n) is 7.25. The predicted octanol–water partition coefficient (Wildman–Crippen LogP) is 4.21. The molecule has 1 heteroatoms. The van der Waals surface area contributed by atoms with Gasteiger partial charge in [0.1, 0.15) is 0 Å². The summed E-state index contributed by atoms with van der Waals surface area (Å²) in [4.78, 5) is 0. The molecular weight excluding hydrogens is 220 g/mol. The summed E-state index contributed by atoms with van der Waals surface area (Å²) in [5.74, 6) is 0. The van der Waals surface area contributed by atoms with E-state index in [0.717, 1.165) is 12.8 Å². The molecule has 0 fully saturated rings. The fourth-order valence-electron chi connectivity index (χ4n) is 1.99. The molecule has 0 unspecified atom stereocenters. The van der Waals surface area contributed by atoms with E-state index < -0.39 is 0 Å². The van der Waals surface area contributed by atoms with Crippen LogP contribution >= 0.6 is 0 Å². The van der Waals surface area contributed by atoms with Crippen LogP contribution in [-0.2, 0) is 17.3 Å². The molecule has 0 saturated carbocycles. The Morgan fingerprint density at radius 1 is 0.833 bits per heavy atom. The molecule has 1 rings (SSSR count). The molecule has 0 aromatic heterocycles. The molecule has 0 aliphatic carbocycles. The van der Waals surface area contributed by atoms with Crippen molar-refractivity contribution in [2.45, 2.75) is 65.2 Å². The number of rotatable bonds is 3. The molecule has 102 valence electrons. The van der Waals surface area contributed by atoms with Gasteiger partial charge in [0.2, 0.25) is 0 Å². The second-order valence-corrected chi connectivity index (χ2v) is 7.25. The molecule has 1 nitrogen and oxygen atoms in total. The molecule has 0 heterocycles. The van der Waals surface area contributed by atoms with E-state index in [1.54, 1.807) is 0 Å². The molecule has 18 heavy (non-hydrogen) atoms. The largest absolute Gasteiger partial charge is 0.396 e. The summed E-state index contributed by atoms with van der Waals surface area (Å²) in [5, 5.41) is 8.99. The normalized spacial score (nSPS) is 12.8. The Morgan fingerprint density at radius 2 is 1.28 bits per heavy atom. The van der Waals surface area contributed by atoms with Crippen molar-refractivity contribution in [2.75, 3.05) is 6.61 Å². The van der Waals surface area contributed by atoms with Crippen LogP contribution in [0, 0.1) is 0 Å². The number of aryl methyl sites for hydroxylation is 1. The summed E-state index contributed by atoms with van der Waals surface area (Å²) in [5.41, 5.74) is 4.48. The first-order valence-corrected chi connectivity index (χ1v) is 6.90. The highest BCUT2D eigenvalue weighted by molar-refractivity contribution is 5.37. The average molecular weight is 248 g/mol. The van der Waals surface area contributed by atoms with Crippen molar-refractivity contribution < 1.29 is 5.11 Å². The minimum atomic E-state index is 0.176. The van der Waals surface area contributed by atoms with E-state index in [1.807, 2.05) is 0 Å². The van der Waals surface area contributed by atoms with E-state index >= 15 is 0 Å². The van der Waals surface area contributed by atoms with Crippen molar-refractivity contribution in [1.82, 2.24) is 0 Å². The van der Waals surface area contributed by atoms with Gasteiger partial charge in [0.25, 0.3) is 0 Å². The Morgan fingerprint density at radius 3 is 1.61 bits per heavy atom. The van der Waals surface area contributed by atoms with Gasteiger partial charge in [0.15, 0.2) is 0 Å². The predicted molar refractivity (Wildman–Crippen MR) is 79.2 cm³/mol. The molecule has 0 spiro atoms. The van der Waals surface area contributed by atoms with Crippen LogP contribution in [0.4, 0.5) is 0 Å². The highest BCUT2D eigenvalue weighted by Gasteiger charge is 2.20. The van der Waals surface area contributed by atoms with Gasteiger partial charge in [-0.15, -0.1) is 0 Å². The summed E-state index contributed by atoms with van der Waals surface area (Å²) in [6.45, 7) is 13.8. The van der Waals surface area contributed by atoms with Gasteiger partial charge in [-0.2, -0.15) is 0 Å². The maximum absolute atomic E-state index is 8.99. The third-order valence-electron chi connectivity index (χ3n) is 3.35.